The van der Waals surface area contributed by atoms with Crippen molar-refractivity contribution in [2.24, 2.45) is 19.1 Å². The summed E-state index contributed by atoms with van der Waals surface area (Å²) >= 11 is 0. The van der Waals surface area contributed by atoms with E-state index in [1.54, 1.807) is 0 Å². The predicted molar refractivity (Wildman–Crippen MR) is 81.8 cm³/mol. The van der Waals surface area contributed by atoms with E-state index in [4.69, 9.17) is 0 Å². The molecule has 0 amide bonds. The topological polar surface area (TPSA) is 76.6 Å². The van der Waals surface area contributed by atoms with E-state index in [0.717, 1.165) is 20.3 Å². The summed E-state index contributed by atoms with van der Waals surface area (Å²) in [5.74, 6) is -0.392. The van der Waals surface area contributed by atoms with Gasteiger partial charge in [-0.15, -0.1) is 0 Å². The second-order valence-corrected chi connectivity index (χ2v) is 5.05. The van der Waals surface area contributed by atoms with E-state index < -0.39 is 17.1 Å². The fourth-order valence-electron chi connectivity index (χ4n) is 2.14. The molecule has 0 spiro atoms. The highest BCUT2D eigenvalue weighted by Crippen LogP contribution is 2.17. The Balaban J connectivity index is 2.56. The molecule has 0 saturated carbocycles. The minimum atomic E-state index is -0.582. The van der Waals surface area contributed by atoms with Crippen molar-refractivity contribution in [3.63, 3.8) is 0 Å². The lowest BCUT2D eigenvalue weighted by atomic mass is 10.1. The maximum atomic E-state index is 12.0. The summed E-state index contributed by atoms with van der Waals surface area (Å²) in [4.78, 5) is 27.9. The molecule has 0 aliphatic heterocycles. The number of hydrogen-bond acceptors (Lipinski definition) is 4. The Morgan fingerprint density at radius 2 is 1.62 bits per heavy atom. The Morgan fingerprint density at radius 3 is 2.19 bits per heavy atom. The highest BCUT2D eigenvalue weighted by molar-refractivity contribution is 5.84. The van der Waals surface area contributed by atoms with Crippen LogP contribution in [0.3, 0.4) is 0 Å². The Morgan fingerprint density at radius 1 is 1.05 bits per heavy atom. The first-order chi connectivity index (χ1) is 9.81. The van der Waals surface area contributed by atoms with Gasteiger partial charge in [-0.1, -0.05) is 6.07 Å². The summed E-state index contributed by atoms with van der Waals surface area (Å²) in [6.45, 7) is 3.91. The van der Waals surface area contributed by atoms with Gasteiger partial charge in [0, 0.05) is 20.3 Å². The number of aliphatic imine (C=N–C) groups is 1. The van der Waals surface area contributed by atoms with Crippen molar-refractivity contribution in [1.29, 1.82) is 0 Å². The molecule has 0 aliphatic carbocycles. The molecule has 6 nitrogen and oxygen atoms in total. The second-order valence-electron chi connectivity index (χ2n) is 5.05. The van der Waals surface area contributed by atoms with Gasteiger partial charge in [0.25, 0.3) is 5.56 Å². The van der Waals surface area contributed by atoms with E-state index in [1.807, 2.05) is 32.0 Å². The van der Waals surface area contributed by atoms with Crippen LogP contribution in [0.5, 0.6) is 5.88 Å². The van der Waals surface area contributed by atoms with Crippen LogP contribution < -0.4 is 11.2 Å². The second kappa shape index (κ2) is 5.40. The third-order valence-electron chi connectivity index (χ3n) is 3.22. The number of aryl methyl sites for hydroxylation is 2. The van der Waals surface area contributed by atoms with Gasteiger partial charge in [0.1, 0.15) is 5.56 Å². The molecule has 0 aliphatic rings. The minimum absolute atomic E-state index is 0.0150. The van der Waals surface area contributed by atoms with Gasteiger partial charge in [-0.3, -0.25) is 18.9 Å². The van der Waals surface area contributed by atoms with Gasteiger partial charge in [-0.25, -0.2) is 4.79 Å². The van der Waals surface area contributed by atoms with Gasteiger partial charge in [0.2, 0.25) is 5.88 Å². The summed E-state index contributed by atoms with van der Waals surface area (Å²) in [5.41, 5.74) is 1.62. The van der Waals surface area contributed by atoms with E-state index in [-0.39, 0.29) is 5.56 Å². The first-order valence-electron chi connectivity index (χ1n) is 6.42. The first-order valence-corrected chi connectivity index (χ1v) is 6.42. The van der Waals surface area contributed by atoms with Crippen molar-refractivity contribution < 1.29 is 5.11 Å². The van der Waals surface area contributed by atoms with Crippen LogP contribution in [0, 0.1) is 13.8 Å². The number of rotatable bonds is 2. The molecule has 0 saturated heterocycles. The van der Waals surface area contributed by atoms with Crippen LogP contribution in [-0.4, -0.2) is 20.5 Å². The lowest BCUT2D eigenvalue weighted by Gasteiger charge is -2.07. The SMILES string of the molecule is Cc1cc(C)cc(N=Cc2c(O)n(C)c(=O)n(C)c2=O)c1. The van der Waals surface area contributed by atoms with E-state index in [9.17, 15) is 14.7 Å². The number of aromatic hydroxyl groups is 1. The zero-order valence-corrected chi connectivity index (χ0v) is 12.4. The normalized spacial score (nSPS) is 11.2. The largest absolute Gasteiger partial charge is 0.494 e. The molecule has 1 N–H and O–H groups in total. The molecule has 110 valence electrons. The van der Waals surface area contributed by atoms with Gasteiger partial charge in [0.15, 0.2) is 0 Å². The summed E-state index contributed by atoms with van der Waals surface area (Å²) in [7, 11) is 2.75. The van der Waals surface area contributed by atoms with Crippen LogP contribution >= 0.6 is 0 Å². The van der Waals surface area contributed by atoms with E-state index in [1.165, 1.54) is 20.3 Å². The molecular weight excluding hydrogens is 270 g/mol. The molecule has 0 fully saturated rings. The Kier molecular flexibility index (Phi) is 3.80. The number of aromatic nitrogens is 2. The molecule has 2 rings (SSSR count). The van der Waals surface area contributed by atoms with Crippen molar-refractivity contribution in [3.8, 4) is 5.88 Å². The van der Waals surface area contributed by atoms with Crippen LogP contribution in [0.25, 0.3) is 0 Å². The summed E-state index contributed by atoms with van der Waals surface area (Å²) in [6.07, 6.45) is 1.28. The van der Waals surface area contributed by atoms with Gasteiger partial charge < -0.3 is 5.11 Å². The molecule has 0 radical (unpaired) electrons. The van der Waals surface area contributed by atoms with Crippen LogP contribution in [0.1, 0.15) is 16.7 Å². The maximum Gasteiger partial charge on any atom is 0.333 e. The number of benzene rings is 1. The molecular formula is C15H17N3O3. The molecule has 21 heavy (non-hydrogen) atoms. The van der Waals surface area contributed by atoms with Gasteiger partial charge in [-0.05, 0) is 37.1 Å². The fourth-order valence-corrected chi connectivity index (χ4v) is 2.14. The van der Waals surface area contributed by atoms with Crippen molar-refractivity contribution in [1.82, 2.24) is 9.13 Å². The Labute approximate surface area is 121 Å². The van der Waals surface area contributed by atoms with E-state index in [0.29, 0.717) is 5.69 Å². The number of nitrogens with zero attached hydrogens (tertiary/aromatic N) is 3. The highest BCUT2D eigenvalue weighted by Gasteiger charge is 2.12. The van der Waals surface area contributed by atoms with Crippen molar-refractivity contribution >= 4 is 11.9 Å². The molecule has 1 heterocycles. The molecule has 0 atom stereocenters. The Hall–Kier alpha value is -2.63. The van der Waals surface area contributed by atoms with E-state index >= 15 is 0 Å². The zero-order valence-electron chi connectivity index (χ0n) is 12.4. The molecule has 0 bridgehead atoms. The van der Waals surface area contributed by atoms with E-state index in [2.05, 4.69) is 4.99 Å². The summed E-state index contributed by atoms with van der Waals surface area (Å²) < 4.78 is 1.94. The average Bonchev–Trinajstić information content (AvgIpc) is 2.42. The highest BCUT2D eigenvalue weighted by atomic mass is 16.3. The standard InChI is InChI=1S/C15H17N3O3/c1-9-5-10(2)7-11(6-9)16-8-12-13(19)17(3)15(21)18(4)14(12)20/h5-8,19H,1-4H3. The maximum absolute atomic E-state index is 12.0. The molecule has 1 aromatic carbocycles. The summed E-state index contributed by atoms with van der Waals surface area (Å²) in [5, 5.41) is 9.93. The fraction of sp³-hybridized carbons (Fsp3) is 0.267. The smallest absolute Gasteiger partial charge is 0.333 e. The van der Waals surface area contributed by atoms with Crippen molar-refractivity contribution in [2.75, 3.05) is 0 Å². The molecule has 0 unspecified atom stereocenters. The van der Waals surface area contributed by atoms with Crippen LogP contribution in [0.4, 0.5) is 5.69 Å². The molecule has 1 aromatic heterocycles. The summed E-state index contributed by atoms with van der Waals surface area (Å²) in [6, 6.07) is 5.75. The third kappa shape index (κ3) is 2.79. The predicted octanol–water partition coefficient (Wildman–Crippen LogP) is 1.16. The Bertz CT molecular complexity index is 824. The van der Waals surface area contributed by atoms with Crippen molar-refractivity contribution in [3.05, 3.63) is 55.7 Å². The monoisotopic (exact) mass is 287 g/mol. The quantitative estimate of drug-likeness (QED) is 0.842. The van der Waals surface area contributed by atoms with Crippen LogP contribution in [0.2, 0.25) is 0 Å². The van der Waals surface area contributed by atoms with Crippen LogP contribution in [-0.2, 0) is 14.1 Å². The average molecular weight is 287 g/mol. The molecule has 2 aromatic rings. The third-order valence-corrected chi connectivity index (χ3v) is 3.22. The van der Waals surface area contributed by atoms with Crippen molar-refractivity contribution in [2.45, 2.75) is 13.8 Å². The number of hydrogen-bond donors (Lipinski definition) is 1. The zero-order chi connectivity index (χ0) is 15.7. The first kappa shape index (κ1) is 14.8. The van der Waals surface area contributed by atoms with Gasteiger partial charge in [-0.2, -0.15) is 0 Å². The molecule has 6 heteroatoms. The van der Waals surface area contributed by atoms with Crippen LogP contribution in [0.15, 0.2) is 32.8 Å². The lowest BCUT2D eigenvalue weighted by Crippen LogP contribution is -2.38. The van der Waals surface area contributed by atoms with Gasteiger partial charge >= 0.3 is 5.69 Å². The lowest BCUT2D eigenvalue weighted by molar-refractivity contribution is 0.410. The minimum Gasteiger partial charge on any atom is -0.494 e. The van der Waals surface area contributed by atoms with Gasteiger partial charge in [0.05, 0.1) is 5.69 Å².